The van der Waals surface area contributed by atoms with E-state index in [2.05, 4.69) is 0 Å². The van der Waals surface area contributed by atoms with Gasteiger partial charge in [-0.15, -0.1) is 0 Å². The van der Waals surface area contributed by atoms with Gasteiger partial charge >= 0.3 is 0 Å². The van der Waals surface area contributed by atoms with Gasteiger partial charge < -0.3 is 4.74 Å². The highest BCUT2D eigenvalue weighted by molar-refractivity contribution is 5.98. The van der Waals surface area contributed by atoms with E-state index in [0.717, 1.165) is 41.7 Å². The molecule has 15 heavy (non-hydrogen) atoms. The van der Waals surface area contributed by atoms with Crippen molar-refractivity contribution in [2.45, 2.75) is 32.6 Å². The number of methoxy groups -OCH3 is 1. The average Bonchev–Trinajstić information content (AvgIpc) is 2.40. The number of fused-ring (bicyclic) bond motifs is 1. The molecule has 2 nitrogen and oxygen atoms in total. The second-order valence-corrected chi connectivity index (χ2v) is 4.11. The molecule has 2 rings (SSSR count). The van der Waals surface area contributed by atoms with Crippen molar-refractivity contribution in [2.75, 3.05) is 7.11 Å². The fourth-order valence-corrected chi connectivity index (χ4v) is 2.15. The predicted octanol–water partition coefficient (Wildman–Crippen LogP) is 2.91. The van der Waals surface area contributed by atoms with Crippen molar-refractivity contribution in [3.63, 3.8) is 0 Å². The van der Waals surface area contributed by atoms with Crippen molar-refractivity contribution in [1.82, 2.24) is 0 Å². The fourth-order valence-electron chi connectivity index (χ4n) is 2.15. The fraction of sp³-hybridized carbons (Fsp3) is 0.462. The summed E-state index contributed by atoms with van der Waals surface area (Å²) in [6.07, 6.45) is 3.80. The molecule has 1 aliphatic carbocycles. The lowest BCUT2D eigenvalue weighted by atomic mass is 9.99. The lowest BCUT2D eigenvalue weighted by Crippen LogP contribution is -2.02. The summed E-state index contributed by atoms with van der Waals surface area (Å²) in [4.78, 5) is 11.8. The predicted molar refractivity (Wildman–Crippen MR) is 59.6 cm³/mol. The minimum absolute atomic E-state index is 0.285. The smallest absolute Gasteiger partial charge is 0.163 e. The first-order chi connectivity index (χ1) is 7.22. The molecule has 1 aromatic carbocycles. The zero-order chi connectivity index (χ0) is 10.8. The van der Waals surface area contributed by atoms with E-state index in [1.807, 2.05) is 19.1 Å². The normalized spacial score (nSPS) is 15.7. The maximum absolute atomic E-state index is 11.8. The van der Waals surface area contributed by atoms with E-state index < -0.39 is 0 Å². The second kappa shape index (κ2) is 4.05. The Balaban J connectivity index is 2.51. The standard InChI is InChI=1S/C13H16O2/c1-9-7-11-10(8-13(9)15-2)5-3-4-6-12(11)14/h7-8H,3-6H2,1-2H3. The van der Waals surface area contributed by atoms with Gasteiger partial charge in [-0.1, -0.05) is 0 Å². The molecular weight excluding hydrogens is 188 g/mol. The van der Waals surface area contributed by atoms with Crippen LogP contribution in [0.2, 0.25) is 0 Å². The molecule has 0 atom stereocenters. The Morgan fingerprint density at radius 3 is 2.67 bits per heavy atom. The Labute approximate surface area is 90.3 Å². The number of hydrogen-bond donors (Lipinski definition) is 0. The van der Waals surface area contributed by atoms with Gasteiger partial charge in [0.2, 0.25) is 0 Å². The van der Waals surface area contributed by atoms with Crippen LogP contribution in [0, 0.1) is 6.92 Å². The van der Waals surface area contributed by atoms with E-state index in [4.69, 9.17) is 4.74 Å². The van der Waals surface area contributed by atoms with Gasteiger partial charge in [0.15, 0.2) is 5.78 Å². The SMILES string of the molecule is COc1cc2c(cc1C)C(=O)CCCC2. The van der Waals surface area contributed by atoms with Crippen LogP contribution in [0.1, 0.15) is 40.7 Å². The quantitative estimate of drug-likeness (QED) is 0.657. The summed E-state index contributed by atoms with van der Waals surface area (Å²) >= 11 is 0. The van der Waals surface area contributed by atoms with E-state index in [9.17, 15) is 4.79 Å². The largest absolute Gasteiger partial charge is 0.496 e. The summed E-state index contributed by atoms with van der Waals surface area (Å²) in [5.41, 5.74) is 3.11. The van der Waals surface area contributed by atoms with E-state index in [1.165, 1.54) is 0 Å². The molecule has 0 spiro atoms. The van der Waals surface area contributed by atoms with Gasteiger partial charge in [0, 0.05) is 12.0 Å². The third-order valence-corrected chi connectivity index (χ3v) is 3.02. The first kappa shape index (κ1) is 10.2. The number of ether oxygens (including phenoxy) is 1. The molecule has 0 fully saturated rings. The molecule has 0 amide bonds. The van der Waals surface area contributed by atoms with E-state index in [1.54, 1.807) is 7.11 Å². The summed E-state index contributed by atoms with van der Waals surface area (Å²) < 4.78 is 5.28. The average molecular weight is 204 g/mol. The highest BCUT2D eigenvalue weighted by atomic mass is 16.5. The Bertz CT molecular complexity index is 394. The molecule has 0 aromatic heterocycles. The molecule has 1 aliphatic rings. The maximum atomic E-state index is 11.8. The lowest BCUT2D eigenvalue weighted by molar-refractivity contribution is 0.0982. The molecule has 1 aromatic rings. The monoisotopic (exact) mass is 204 g/mol. The summed E-state index contributed by atoms with van der Waals surface area (Å²) in [5.74, 6) is 1.18. The summed E-state index contributed by atoms with van der Waals surface area (Å²) in [6, 6.07) is 4.00. The van der Waals surface area contributed by atoms with Crippen LogP contribution in [0.5, 0.6) is 5.75 Å². The van der Waals surface area contributed by atoms with Crippen LogP contribution < -0.4 is 4.74 Å². The van der Waals surface area contributed by atoms with Gasteiger partial charge in [0.05, 0.1) is 7.11 Å². The Kier molecular flexibility index (Phi) is 2.76. The number of benzene rings is 1. The molecule has 80 valence electrons. The number of carbonyl (C=O) groups is 1. The number of ketones is 1. The van der Waals surface area contributed by atoms with Gasteiger partial charge in [-0.2, -0.15) is 0 Å². The molecule has 0 saturated carbocycles. The van der Waals surface area contributed by atoms with Crippen LogP contribution in [-0.4, -0.2) is 12.9 Å². The first-order valence-corrected chi connectivity index (χ1v) is 5.43. The molecule has 0 bridgehead atoms. The van der Waals surface area contributed by atoms with Crippen molar-refractivity contribution in [1.29, 1.82) is 0 Å². The topological polar surface area (TPSA) is 26.3 Å². The molecule has 2 heteroatoms. The van der Waals surface area contributed by atoms with Crippen molar-refractivity contribution in [2.24, 2.45) is 0 Å². The van der Waals surface area contributed by atoms with E-state index in [-0.39, 0.29) is 5.78 Å². The minimum atomic E-state index is 0.285. The van der Waals surface area contributed by atoms with Gasteiger partial charge in [0.25, 0.3) is 0 Å². The van der Waals surface area contributed by atoms with E-state index in [0.29, 0.717) is 6.42 Å². The zero-order valence-electron chi connectivity index (χ0n) is 9.30. The van der Waals surface area contributed by atoms with Gasteiger partial charge in [-0.25, -0.2) is 0 Å². The molecule has 0 N–H and O–H groups in total. The number of aryl methyl sites for hydroxylation is 2. The molecule has 0 radical (unpaired) electrons. The van der Waals surface area contributed by atoms with E-state index >= 15 is 0 Å². The van der Waals surface area contributed by atoms with Crippen molar-refractivity contribution < 1.29 is 9.53 Å². The lowest BCUT2D eigenvalue weighted by Gasteiger charge is -2.10. The Hall–Kier alpha value is -1.31. The third-order valence-electron chi connectivity index (χ3n) is 3.02. The van der Waals surface area contributed by atoms with Crippen LogP contribution in [-0.2, 0) is 6.42 Å². The third kappa shape index (κ3) is 1.89. The zero-order valence-corrected chi connectivity index (χ0v) is 9.30. The molecule has 0 unspecified atom stereocenters. The number of carbonyl (C=O) groups excluding carboxylic acids is 1. The number of hydrogen-bond acceptors (Lipinski definition) is 2. The number of Topliss-reactive ketones (excluding diaryl/α,β-unsaturated/α-hetero) is 1. The summed E-state index contributed by atoms with van der Waals surface area (Å²) in [7, 11) is 1.67. The van der Waals surface area contributed by atoms with Gasteiger partial charge in [-0.05, 0) is 49.4 Å². The summed E-state index contributed by atoms with van der Waals surface area (Å²) in [6.45, 7) is 1.98. The Morgan fingerprint density at radius 2 is 1.93 bits per heavy atom. The molecular formula is C13H16O2. The van der Waals surface area contributed by atoms with Crippen LogP contribution in [0.4, 0.5) is 0 Å². The van der Waals surface area contributed by atoms with Crippen LogP contribution in [0.15, 0.2) is 12.1 Å². The van der Waals surface area contributed by atoms with Crippen LogP contribution in [0.3, 0.4) is 0 Å². The second-order valence-electron chi connectivity index (χ2n) is 4.11. The van der Waals surface area contributed by atoms with Crippen molar-refractivity contribution in [3.8, 4) is 5.75 Å². The molecule has 0 heterocycles. The maximum Gasteiger partial charge on any atom is 0.163 e. The van der Waals surface area contributed by atoms with Crippen LogP contribution in [0.25, 0.3) is 0 Å². The number of rotatable bonds is 1. The van der Waals surface area contributed by atoms with Gasteiger partial charge in [0.1, 0.15) is 5.75 Å². The van der Waals surface area contributed by atoms with Gasteiger partial charge in [-0.3, -0.25) is 4.79 Å². The highest BCUT2D eigenvalue weighted by Gasteiger charge is 2.17. The minimum Gasteiger partial charge on any atom is -0.496 e. The van der Waals surface area contributed by atoms with Crippen LogP contribution >= 0.6 is 0 Å². The highest BCUT2D eigenvalue weighted by Crippen LogP contribution is 2.27. The molecule has 0 saturated heterocycles. The summed E-state index contributed by atoms with van der Waals surface area (Å²) in [5, 5.41) is 0. The Morgan fingerprint density at radius 1 is 1.20 bits per heavy atom. The first-order valence-electron chi connectivity index (χ1n) is 5.43. The van der Waals surface area contributed by atoms with Crippen molar-refractivity contribution in [3.05, 3.63) is 28.8 Å². The van der Waals surface area contributed by atoms with Crippen molar-refractivity contribution >= 4 is 5.78 Å². The molecule has 0 aliphatic heterocycles.